The Morgan fingerprint density at radius 2 is 1.67 bits per heavy atom. The van der Waals surface area contributed by atoms with Gasteiger partial charge in [0.15, 0.2) is 0 Å². The van der Waals surface area contributed by atoms with Gasteiger partial charge in [-0.05, 0) is 6.42 Å². The van der Waals surface area contributed by atoms with Crippen LogP contribution in [0.4, 0.5) is 0 Å². The third kappa shape index (κ3) is 4.13. The minimum Gasteiger partial charge on any atom is -0.333 e. The van der Waals surface area contributed by atoms with Crippen LogP contribution in [0, 0.1) is 0 Å². The highest BCUT2D eigenvalue weighted by Gasteiger charge is 2.31. The molecule has 1 aliphatic rings. The second kappa shape index (κ2) is 7.84. The predicted octanol–water partition coefficient (Wildman–Crippen LogP) is 1.17. The van der Waals surface area contributed by atoms with Crippen LogP contribution in [-0.4, -0.2) is 47.7 Å². The number of amides is 3. The van der Waals surface area contributed by atoms with Crippen LogP contribution in [0.2, 0.25) is 0 Å². The molecule has 0 spiro atoms. The van der Waals surface area contributed by atoms with Crippen LogP contribution in [0.25, 0.3) is 0 Å². The van der Waals surface area contributed by atoms with Crippen LogP contribution in [0.3, 0.4) is 0 Å². The van der Waals surface area contributed by atoms with E-state index in [9.17, 15) is 14.4 Å². The van der Waals surface area contributed by atoms with Crippen molar-refractivity contribution in [3.05, 3.63) is 0 Å². The number of rotatable bonds is 8. The van der Waals surface area contributed by atoms with Crippen LogP contribution in [0.1, 0.15) is 45.4 Å². The normalized spacial score (nSPS) is 16.3. The van der Waals surface area contributed by atoms with E-state index in [-0.39, 0.29) is 0 Å². The lowest BCUT2D eigenvalue weighted by molar-refractivity contribution is -0.158. The van der Waals surface area contributed by atoms with Crippen molar-refractivity contribution in [2.24, 2.45) is 0 Å². The number of hydrogen-bond donors (Lipinski definition) is 0. The third-order valence-electron chi connectivity index (χ3n) is 3.25. The first kappa shape index (κ1) is 14.7. The van der Waals surface area contributed by atoms with E-state index in [1.165, 1.54) is 25.7 Å². The molecular weight excluding hydrogens is 232 g/mol. The maximum absolute atomic E-state index is 11.6. The van der Waals surface area contributed by atoms with Gasteiger partial charge >= 0.3 is 11.8 Å². The van der Waals surface area contributed by atoms with Gasteiger partial charge in [-0.15, -0.1) is 0 Å². The Morgan fingerprint density at radius 3 is 2.33 bits per heavy atom. The molecule has 0 aromatic heterocycles. The van der Waals surface area contributed by atoms with Crippen LogP contribution >= 0.6 is 0 Å². The number of unbranched alkanes of at least 4 members (excludes halogenated alkanes) is 5. The molecule has 5 nitrogen and oxygen atoms in total. The highest BCUT2D eigenvalue weighted by Crippen LogP contribution is 2.08. The lowest BCUT2D eigenvalue weighted by atomic mass is 10.1. The standard InChI is InChI=1S/C13H22N2O3/c1-2-3-4-5-6-7-8-14-9-10-15(11-16)13(18)12(14)17/h11H,2-10H2,1H3. The molecule has 1 saturated heterocycles. The molecule has 0 aromatic rings. The summed E-state index contributed by atoms with van der Waals surface area (Å²) in [6, 6.07) is 0. The molecule has 18 heavy (non-hydrogen) atoms. The Bertz CT molecular complexity index is 305. The summed E-state index contributed by atoms with van der Waals surface area (Å²) in [6.07, 6.45) is 7.37. The van der Waals surface area contributed by atoms with Crippen molar-refractivity contribution in [2.45, 2.75) is 45.4 Å². The second-order valence-corrected chi connectivity index (χ2v) is 4.66. The Labute approximate surface area is 108 Å². The van der Waals surface area contributed by atoms with Crippen molar-refractivity contribution >= 4 is 18.2 Å². The molecule has 0 atom stereocenters. The zero-order valence-electron chi connectivity index (χ0n) is 11.1. The summed E-state index contributed by atoms with van der Waals surface area (Å²) >= 11 is 0. The van der Waals surface area contributed by atoms with Crippen LogP contribution in [0.5, 0.6) is 0 Å². The zero-order valence-corrected chi connectivity index (χ0v) is 11.1. The molecule has 102 valence electrons. The topological polar surface area (TPSA) is 57.7 Å². The number of carbonyl (C=O) groups excluding carboxylic acids is 3. The van der Waals surface area contributed by atoms with E-state index in [0.717, 1.165) is 17.7 Å². The molecule has 1 rings (SSSR count). The maximum Gasteiger partial charge on any atom is 0.318 e. The molecule has 1 heterocycles. The molecule has 0 aliphatic carbocycles. The fourth-order valence-corrected chi connectivity index (χ4v) is 2.09. The van der Waals surface area contributed by atoms with Gasteiger partial charge in [-0.1, -0.05) is 39.0 Å². The van der Waals surface area contributed by atoms with Gasteiger partial charge in [0.05, 0.1) is 0 Å². The van der Waals surface area contributed by atoms with Gasteiger partial charge in [0.1, 0.15) is 0 Å². The maximum atomic E-state index is 11.6. The van der Waals surface area contributed by atoms with Crippen LogP contribution in [0.15, 0.2) is 0 Å². The molecule has 5 heteroatoms. The van der Waals surface area contributed by atoms with E-state index < -0.39 is 11.8 Å². The summed E-state index contributed by atoms with van der Waals surface area (Å²) in [4.78, 5) is 36.1. The average molecular weight is 254 g/mol. The molecule has 1 aliphatic heterocycles. The van der Waals surface area contributed by atoms with Gasteiger partial charge in [0.2, 0.25) is 6.41 Å². The van der Waals surface area contributed by atoms with Crippen molar-refractivity contribution in [3.63, 3.8) is 0 Å². The molecule has 1 fully saturated rings. The largest absolute Gasteiger partial charge is 0.333 e. The Morgan fingerprint density at radius 1 is 1.00 bits per heavy atom. The number of nitrogens with zero attached hydrogens (tertiary/aromatic N) is 2. The van der Waals surface area contributed by atoms with E-state index in [1.807, 2.05) is 0 Å². The van der Waals surface area contributed by atoms with E-state index >= 15 is 0 Å². The van der Waals surface area contributed by atoms with Crippen molar-refractivity contribution in [1.29, 1.82) is 0 Å². The van der Waals surface area contributed by atoms with E-state index in [2.05, 4.69) is 6.92 Å². The zero-order chi connectivity index (χ0) is 13.4. The molecule has 0 bridgehead atoms. The fraction of sp³-hybridized carbons (Fsp3) is 0.769. The molecule has 0 aromatic carbocycles. The molecule has 3 amide bonds. The van der Waals surface area contributed by atoms with Crippen LogP contribution in [-0.2, 0) is 14.4 Å². The highest BCUT2D eigenvalue weighted by atomic mass is 16.2. The van der Waals surface area contributed by atoms with Gasteiger partial charge < -0.3 is 4.90 Å². The highest BCUT2D eigenvalue weighted by molar-refractivity contribution is 6.37. The fourth-order valence-electron chi connectivity index (χ4n) is 2.09. The minimum atomic E-state index is -0.692. The second-order valence-electron chi connectivity index (χ2n) is 4.66. The summed E-state index contributed by atoms with van der Waals surface area (Å²) in [5.41, 5.74) is 0. The molecule has 0 radical (unpaired) electrons. The SMILES string of the molecule is CCCCCCCCN1CCN(C=O)C(=O)C1=O. The molecule has 0 N–H and O–H groups in total. The van der Waals surface area contributed by atoms with Crippen molar-refractivity contribution in [3.8, 4) is 0 Å². The Hall–Kier alpha value is -1.39. The summed E-state index contributed by atoms with van der Waals surface area (Å²) in [6.45, 7) is 3.60. The lowest BCUT2D eigenvalue weighted by Crippen LogP contribution is -2.53. The van der Waals surface area contributed by atoms with Gasteiger partial charge in [0, 0.05) is 19.6 Å². The summed E-state index contributed by atoms with van der Waals surface area (Å²) in [7, 11) is 0. The third-order valence-corrected chi connectivity index (χ3v) is 3.25. The average Bonchev–Trinajstić information content (AvgIpc) is 2.38. The molecule has 0 saturated carbocycles. The minimum absolute atomic E-state index is 0.323. The van der Waals surface area contributed by atoms with E-state index in [4.69, 9.17) is 0 Å². The van der Waals surface area contributed by atoms with E-state index in [0.29, 0.717) is 26.0 Å². The summed E-state index contributed by atoms with van der Waals surface area (Å²) in [5, 5.41) is 0. The van der Waals surface area contributed by atoms with Crippen molar-refractivity contribution in [1.82, 2.24) is 9.80 Å². The summed E-state index contributed by atoms with van der Waals surface area (Å²) in [5.74, 6) is -1.23. The van der Waals surface area contributed by atoms with Crippen LogP contribution < -0.4 is 0 Å². The monoisotopic (exact) mass is 254 g/mol. The van der Waals surface area contributed by atoms with E-state index in [1.54, 1.807) is 4.90 Å². The number of carbonyl (C=O) groups is 3. The molecule has 0 unspecified atom stereocenters. The Kier molecular flexibility index (Phi) is 6.39. The van der Waals surface area contributed by atoms with Gasteiger partial charge in [-0.25, -0.2) is 0 Å². The predicted molar refractivity (Wildman–Crippen MR) is 67.7 cm³/mol. The summed E-state index contributed by atoms with van der Waals surface area (Å²) < 4.78 is 0. The number of hydrogen-bond acceptors (Lipinski definition) is 3. The molecular formula is C13H22N2O3. The lowest BCUT2D eigenvalue weighted by Gasteiger charge is -2.30. The van der Waals surface area contributed by atoms with Gasteiger partial charge in [0.25, 0.3) is 0 Å². The van der Waals surface area contributed by atoms with Gasteiger partial charge in [-0.3, -0.25) is 19.3 Å². The Balaban J connectivity index is 2.21. The first-order valence-electron chi connectivity index (χ1n) is 6.76. The van der Waals surface area contributed by atoms with Crippen molar-refractivity contribution in [2.75, 3.05) is 19.6 Å². The smallest absolute Gasteiger partial charge is 0.318 e. The number of imide groups is 1. The first-order valence-corrected chi connectivity index (χ1v) is 6.76. The van der Waals surface area contributed by atoms with Crippen molar-refractivity contribution < 1.29 is 14.4 Å². The quantitative estimate of drug-likeness (QED) is 0.371. The first-order chi connectivity index (χ1) is 8.70. The number of piperazine rings is 1. The van der Waals surface area contributed by atoms with Gasteiger partial charge in [-0.2, -0.15) is 0 Å².